The van der Waals surface area contributed by atoms with Crippen molar-refractivity contribution in [2.75, 3.05) is 6.54 Å². The van der Waals surface area contributed by atoms with Crippen molar-refractivity contribution in [1.82, 2.24) is 4.72 Å². The normalized spacial score (nSPS) is 13.3. The maximum absolute atomic E-state index is 11.9. The largest absolute Gasteiger partial charge is 0.478 e. The van der Waals surface area contributed by atoms with Crippen LogP contribution in [0.2, 0.25) is 0 Å². The Kier molecular flexibility index (Phi) is 4.85. The molecule has 0 saturated carbocycles. The fourth-order valence-corrected chi connectivity index (χ4v) is 3.26. The van der Waals surface area contributed by atoms with Crippen molar-refractivity contribution >= 4 is 31.9 Å². The molecule has 1 aromatic carbocycles. The van der Waals surface area contributed by atoms with Crippen LogP contribution >= 0.6 is 15.9 Å². The molecule has 0 bridgehead atoms. The van der Waals surface area contributed by atoms with E-state index in [0.29, 0.717) is 0 Å². The highest BCUT2D eigenvalue weighted by Crippen LogP contribution is 2.23. The van der Waals surface area contributed by atoms with Gasteiger partial charge in [0.25, 0.3) is 0 Å². The fourth-order valence-electron chi connectivity index (χ4n) is 1.15. The lowest BCUT2D eigenvalue weighted by atomic mass is 10.2. The third-order valence-corrected chi connectivity index (χ3v) is 4.45. The maximum Gasteiger partial charge on any atom is 0.335 e. The first kappa shape index (κ1) is 15.1. The predicted molar refractivity (Wildman–Crippen MR) is 68.0 cm³/mol. The molecule has 0 unspecified atom stereocenters. The topological polar surface area (TPSA) is 104 Å². The Morgan fingerprint density at radius 3 is 2.61 bits per heavy atom. The van der Waals surface area contributed by atoms with Crippen molar-refractivity contribution in [3.8, 4) is 0 Å². The van der Waals surface area contributed by atoms with Crippen LogP contribution in [-0.2, 0) is 10.0 Å². The Morgan fingerprint density at radius 1 is 1.50 bits per heavy atom. The van der Waals surface area contributed by atoms with Gasteiger partial charge in [0.05, 0.1) is 16.6 Å². The molecule has 0 radical (unpaired) electrons. The molecular formula is C10H12BrNO5S. The summed E-state index contributed by atoms with van der Waals surface area (Å²) in [7, 11) is -3.86. The van der Waals surface area contributed by atoms with Crippen LogP contribution in [0.5, 0.6) is 0 Å². The molecule has 0 amide bonds. The minimum Gasteiger partial charge on any atom is -0.478 e. The number of halogens is 1. The van der Waals surface area contributed by atoms with E-state index < -0.39 is 22.1 Å². The Bertz CT molecular complexity index is 555. The molecule has 0 spiro atoms. The van der Waals surface area contributed by atoms with Crippen LogP contribution in [-0.4, -0.2) is 37.2 Å². The molecule has 0 heterocycles. The zero-order valence-corrected chi connectivity index (χ0v) is 11.8. The maximum atomic E-state index is 11.9. The van der Waals surface area contributed by atoms with E-state index in [0.717, 1.165) is 6.07 Å². The molecule has 8 heteroatoms. The molecule has 0 fully saturated rings. The molecule has 0 saturated heterocycles. The number of rotatable bonds is 5. The van der Waals surface area contributed by atoms with E-state index in [1.165, 1.54) is 19.1 Å². The van der Waals surface area contributed by atoms with Gasteiger partial charge in [-0.25, -0.2) is 17.9 Å². The molecule has 1 rings (SSSR count). The zero-order chi connectivity index (χ0) is 13.9. The van der Waals surface area contributed by atoms with Gasteiger partial charge < -0.3 is 10.2 Å². The number of carboxylic acid groups (broad SMARTS) is 1. The summed E-state index contributed by atoms with van der Waals surface area (Å²) in [6.45, 7) is 1.29. The van der Waals surface area contributed by atoms with Gasteiger partial charge in [-0.2, -0.15) is 0 Å². The van der Waals surface area contributed by atoms with Gasteiger partial charge in [-0.1, -0.05) is 0 Å². The summed E-state index contributed by atoms with van der Waals surface area (Å²) in [5.41, 5.74) is -0.129. The summed E-state index contributed by atoms with van der Waals surface area (Å²) in [5, 5.41) is 17.9. The second kappa shape index (κ2) is 5.79. The number of hydrogen-bond donors (Lipinski definition) is 3. The molecule has 100 valence electrons. The summed E-state index contributed by atoms with van der Waals surface area (Å²) in [6, 6.07) is 3.69. The van der Waals surface area contributed by atoms with Gasteiger partial charge in [-0.15, -0.1) is 0 Å². The van der Waals surface area contributed by atoms with Crippen molar-refractivity contribution in [2.45, 2.75) is 17.9 Å². The second-order valence-electron chi connectivity index (χ2n) is 3.65. The van der Waals surface area contributed by atoms with Crippen molar-refractivity contribution in [1.29, 1.82) is 0 Å². The predicted octanol–water partition coefficient (Wildman–Crippen LogP) is 0.806. The SMILES string of the molecule is C[C@H](O)CNS(=O)(=O)c1cc(C(=O)O)ccc1Br. The molecule has 6 nitrogen and oxygen atoms in total. The average Bonchev–Trinajstić information content (AvgIpc) is 2.26. The number of benzene rings is 1. The number of carbonyl (C=O) groups is 1. The van der Waals surface area contributed by atoms with Crippen molar-refractivity contribution < 1.29 is 23.4 Å². The number of hydrogen-bond acceptors (Lipinski definition) is 4. The number of nitrogens with one attached hydrogen (secondary N) is 1. The lowest BCUT2D eigenvalue weighted by molar-refractivity contribution is 0.0696. The summed E-state index contributed by atoms with van der Waals surface area (Å²) < 4.78 is 26.2. The van der Waals surface area contributed by atoms with Crippen molar-refractivity contribution in [2.24, 2.45) is 0 Å². The Morgan fingerprint density at radius 2 is 2.11 bits per heavy atom. The van der Waals surface area contributed by atoms with Crippen LogP contribution in [0.1, 0.15) is 17.3 Å². The third kappa shape index (κ3) is 3.77. The monoisotopic (exact) mass is 337 g/mol. The van der Waals surface area contributed by atoms with Crippen LogP contribution in [0.4, 0.5) is 0 Å². The molecule has 1 aromatic rings. The second-order valence-corrected chi connectivity index (χ2v) is 6.24. The van der Waals surface area contributed by atoms with Crippen molar-refractivity contribution in [3.63, 3.8) is 0 Å². The van der Waals surface area contributed by atoms with Crippen LogP contribution in [0.25, 0.3) is 0 Å². The van der Waals surface area contributed by atoms with Gasteiger partial charge in [0, 0.05) is 11.0 Å². The zero-order valence-electron chi connectivity index (χ0n) is 9.42. The first-order chi connectivity index (χ1) is 8.24. The standard InChI is InChI=1S/C10H12BrNO5S/c1-6(13)5-12-18(16,17)9-4-7(10(14)15)2-3-8(9)11/h2-4,6,12-13H,5H2,1H3,(H,14,15)/t6-/m0/s1. The smallest absolute Gasteiger partial charge is 0.335 e. The minimum absolute atomic E-state index is 0.129. The van der Waals surface area contributed by atoms with Gasteiger partial charge in [-0.3, -0.25) is 0 Å². The van der Waals surface area contributed by atoms with E-state index in [4.69, 9.17) is 10.2 Å². The number of carboxylic acids is 1. The number of aliphatic hydroxyl groups excluding tert-OH is 1. The molecule has 1 atom stereocenters. The van der Waals surface area contributed by atoms with Gasteiger partial charge in [0.1, 0.15) is 0 Å². The summed E-state index contributed by atoms with van der Waals surface area (Å²) in [5.74, 6) is -1.21. The molecule has 3 N–H and O–H groups in total. The van der Waals surface area contributed by atoms with E-state index >= 15 is 0 Å². The summed E-state index contributed by atoms with van der Waals surface area (Å²) in [4.78, 5) is 10.6. The van der Waals surface area contributed by atoms with Gasteiger partial charge in [0.2, 0.25) is 10.0 Å². The summed E-state index contributed by atoms with van der Waals surface area (Å²) in [6.07, 6.45) is -0.832. The quantitative estimate of drug-likeness (QED) is 0.737. The molecular weight excluding hydrogens is 326 g/mol. The lowest BCUT2D eigenvalue weighted by Crippen LogP contribution is -2.31. The first-order valence-electron chi connectivity index (χ1n) is 4.94. The van der Waals surface area contributed by atoms with E-state index in [1.54, 1.807) is 0 Å². The van der Waals surface area contributed by atoms with Crippen molar-refractivity contribution in [3.05, 3.63) is 28.2 Å². The van der Waals surface area contributed by atoms with Crippen LogP contribution in [0.3, 0.4) is 0 Å². The highest BCUT2D eigenvalue weighted by atomic mass is 79.9. The van der Waals surface area contributed by atoms with Gasteiger partial charge in [-0.05, 0) is 41.1 Å². The Labute approximate surface area is 113 Å². The van der Waals surface area contributed by atoms with E-state index in [1.807, 2.05) is 0 Å². The third-order valence-electron chi connectivity index (χ3n) is 2.04. The fraction of sp³-hybridized carbons (Fsp3) is 0.300. The molecule has 0 aliphatic rings. The molecule has 0 aliphatic heterocycles. The molecule has 0 aromatic heterocycles. The Balaban J connectivity index is 3.15. The molecule has 0 aliphatic carbocycles. The van der Waals surface area contributed by atoms with Gasteiger partial charge >= 0.3 is 5.97 Å². The number of sulfonamides is 1. The minimum atomic E-state index is -3.86. The number of aliphatic hydroxyl groups is 1. The molecule has 18 heavy (non-hydrogen) atoms. The highest BCUT2D eigenvalue weighted by Gasteiger charge is 2.19. The van der Waals surface area contributed by atoms with E-state index in [2.05, 4.69) is 20.7 Å². The highest BCUT2D eigenvalue weighted by molar-refractivity contribution is 9.10. The number of aromatic carboxylic acids is 1. The summed E-state index contributed by atoms with van der Waals surface area (Å²) >= 11 is 3.05. The van der Waals surface area contributed by atoms with E-state index in [9.17, 15) is 13.2 Å². The average molecular weight is 338 g/mol. The van der Waals surface area contributed by atoms with Crippen LogP contribution in [0.15, 0.2) is 27.6 Å². The van der Waals surface area contributed by atoms with Gasteiger partial charge in [0.15, 0.2) is 0 Å². The van der Waals surface area contributed by atoms with Crippen LogP contribution in [0, 0.1) is 0 Å². The van der Waals surface area contributed by atoms with Crippen LogP contribution < -0.4 is 4.72 Å². The Hall–Kier alpha value is -0.960. The van der Waals surface area contributed by atoms with E-state index in [-0.39, 0.29) is 21.5 Å². The first-order valence-corrected chi connectivity index (χ1v) is 7.22. The lowest BCUT2D eigenvalue weighted by Gasteiger charge is -2.10.